The number of carbonyl (C=O) groups is 2. The summed E-state index contributed by atoms with van der Waals surface area (Å²) in [5, 5.41) is 11.3. The third-order valence-electron chi connectivity index (χ3n) is 3.09. The van der Waals surface area contributed by atoms with Crippen LogP contribution in [0.3, 0.4) is 0 Å². The predicted molar refractivity (Wildman–Crippen MR) is 70.4 cm³/mol. The number of sulfone groups is 1. The van der Waals surface area contributed by atoms with Gasteiger partial charge in [0.15, 0.2) is 9.84 Å². The summed E-state index contributed by atoms with van der Waals surface area (Å²) in [5.74, 6) is -2.82. The quantitative estimate of drug-likeness (QED) is 0.814. The highest BCUT2D eigenvalue weighted by Gasteiger charge is 2.25. The highest BCUT2D eigenvalue weighted by atomic mass is 32.2. The zero-order chi connectivity index (χ0) is 15.6. The molecule has 7 nitrogen and oxygen atoms in total. The molecule has 114 valence electrons. The molecule has 2 rings (SSSR count). The van der Waals surface area contributed by atoms with E-state index >= 15 is 0 Å². The van der Waals surface area contributed by atoms with Gasteiger partial charge in [-0.25, -0.2) is 22.4 Å². The van der Waals surface area contributed by atoms with Crippen molar-refractivity contribution in [2.75, 3.05) is 25.4 Å². The summed E-state index contributed by atoms with van der Waals surface area (Å²) in [5.41, 5.74) is -0.311. The minimum Gasteiger partial charge on any atom is -0.478 e. The lowest BCUT2D eigenvalue weighted by molar-refractivity contribution is 0.0696. The molecule has 0 saturated carbocycles. The van der Waals surface area contributed by atoms with Gasteiger partial charge in [0.05, 0.1) is 11.3 Å². The van der Waals surface area contributed by atoms with E-state index < -0.39 is 32.3 Å². The SMILES string of the molecule is O=C(O)c1ccc(F)c(S(=O)(=O)CCN2CCNC2=O)c1. The molecular formula is C12H13FN2O5S. The Balaban J connectivity index is 2.20. The van der Waals surface area contributed by atoms with E-state index in [1.165, 1.54) is 4.90 Å². The van der Waals surface area contributed by atoms with E-state index in [0.717, 1.165) is 18.2 Å². The standard InChI is InChI=1S/C12H13FN2O5S/c13-9-2-1-8(11(16)17)7-10(9)21(19,20)6-5-15-4-3-14-12(15)18/h1-2,7H,3-6H2,(H,14,18)(H,16,17). The highest BCUT2D eigenvalue weighted by Crippen LogP contribution is 2.18. The number of carbonyl (C=O) groups excluding carboxylic acids is 1. The Morgan fingerprint density at radius 2 is 2.14 bits per heavy atom. The summed E-state index contributed by atoms with van der Waals surface area (Å²) < 4.78 is 37.8. The smallest absolute Gasteiger partial charge is 0.335 e. The van der Waals surface area contributed by atoms with E-state index in [1.54, 1.807) is 0 Å². The number of carboxylic acids is 1. The normalized spacial score (nSPS) is 15.1. The third kappa shape index (κ3) is 3.30. The first-order chi connectivity index (χ1) is 9.81. The zero-order valence-corrected chi connectivity index (χ0v) is 11.7. The minimum absolute atomic E-state index is 0.0785. The fraction of sp³-hybridized carbons (Fsp3) is 0.333. The van der Waals surface area contributed by atoms with Gasteiger partial charge < -0.3 is 15.3 Å². The molecule has 2 amide bonds. The van der Waals surface area contributed by atoms with Crippen molar-refractivity contribution < 1.29 is 27.5 Å². The van der Waals surface area contributed by atoms with Gasteiger partial charge in [-0.3, -0.25) is 0 Å². The Labute approximate surface area is 120 Å². The Kier molecular flexibility index (Phi) is 4.12. The van der Waals surface area contributed by atoms with E-state index in [4.69, 9.17) is 5.11 Å². The molecular weight excluding hydrogens is 303 g/mol. The molecule has 1 heterocycles. The first kappa shape index (κ1) is 15.2. The Hall–Kier alpha value is -2.16. The Bertz CT molecular complexity index is 689. The molecule has 0 bridgehead atoms. The van der Waals surface area contributed by atoms with Crippen LogP contribution in [-0.2, 0) is 9.84 Å². The minimum atomic E-state index is -4.02. The lowest BCUT2D eigenvalue weighted by Crippen LogP contribution is -2.32. The number of halogens is 1. The van der Waals surface area contributed by atoms with Crippen LogP contribution in [0.4, 0.5) is 9.18 Å². The molecule has 9 heteroatoms. The molecule has 1 fully saturated rings. The van der Waals surface area contributed by atoms with Crippen molar-refractivity contribution in [2.45, 2.75) is 4.90 Å². The van der Waals surface area contributed by atoms with E-state index in [-0.39, 0.29) is 18.1 Å². The van der Waals surface area contributed by atoms with E-state index in [2.05, 4.69) is 5.32 Å². The molecule has 21 heavy (non-hydrogen) atoms. The molecule has 0 aliphatic carbocycles. The summed E-state index contributed by atoms with van der Waals surface area (Å²) >= 11 is 0. The molecule has 1 aliphatic heterocycles. The van der Waals surface area contributed by atoms with Crippen LogP contribution in [0.5, 0.6) is 0 Å². The topological polar surface area (TPSA) is 104 Å². The fourth-order valence-corrected chi connectivity index (χ4v) is 3.29. The first-order valence-corrected chi connectivity index (χ1v) is 7.75. The third-order valence-corrected chi connectivity index (χ3v) is 4.79. The van der Waals surface area contributed by atoms with Gasteiger partial charge in [0.2, 0.25) is 0 Å². The summed E-state index contributed by atoms with van der Waals surface area (Å²) in [6.45, 7) is 0.735. The molecule has 1 aliphatic rings. The van der Waals surface area contributed by atoms with Crippen LogP contribution in [0.25, 0.3) is 0 Å². The van der Waals surface area contributed by atoms with Crippen LogP contribution in [0.1, 0.15) is 10.4 Å². The second-order valence-electron chi connectivity index (χ2n) is 4.49. The lowest BCUT2D eigenvalue weighted by atomic mass is 10.2. The number of nitrogens with zero attached hydrogens (tertiary/aromatic N) is 1. The van der Waals surface area contributed by atoms with E-state index in [9.17, 15) is 22.4 Å². The summed E-state index contributed by atoms with van der Waals surface area (Å²) in [6.07, 6.45) is 0. The molecule has 0 aromatic heterocycles. The average molecular weight is 316 g/mol. The molecule has 1 aromatic rings. The number of benzene rings is 1. The van der Waals surface area contributed by atoms with Crippen molar-refractivity contribution in [3.05, 3.63) is 29.6 Å². The fourth-order valence-electron chi connectivity index (χ4n) is 1.94. The first-order valence-electron chi connectivity index (χ1n) is 6.09. The number of amides is 2. The van der Waals surface area contributed by atoms with Crippen LogP contribution in [-0.4, -0.2) is 55.8 Å². The summed E-state index contributed by atoms with van der Waals surface area (Å²) in [7, 11) is -4.02. The van der Waals surface area contributed by atoms with Gasteiger partial charge in [-0.1, -0.05) is 0 Å². The van der Waals surface area contributed by atoms with Crippen molar-refractivity contribution in [2.24, 2.45) is 0 Å². The predicted octanol–water partition coefficient (Wildman–Crippen LogP) is 0.323. The number of rotatable bonds is 5. The molecule has 0 spiro atoms. The van der Waals surface area contributed by atoms with Gasteiger partial charge in [-0.05, 0) is 18.2 Å². The molecule has 0 radical (unpaired) electrons. The maximum absolute atomic E-state index is 13.6. The van der Waals surface area contributed by atoms with Crippen LogP contribution in [0.2, 0.25) is 0 Å². The highest BCUT2D eigenvalue weighted by molar-refractivity contribution is 7.91. The monoisotopic (exact) mass is 316 g/mol. The van der Waals surface area contributed by atoms with Crippen molar-refractivity contribution in [1.29, 1.82) is 0 Å². The largest absolute Gasteiger partial charge is 0.478 e. The molecule has 1 saturated heterocycles. The summed E-state index contributed by atoms with van der Waals surface area (Å²) in [6, 6.07) is 2.21. The second kappa shape index (κ2) is 5.68. The lowest BCUT2D eigenvalue weighted by Gasteiger charge is -2.14. The van der Waals surface area contributed by atoms with Crippen molar-refractivity contribution in [1.82, 2.24) is 10.2 Å². The van der Waals surface area contributed by atoms with Gasteiger partial charge >= 0.3 is 12.0 Å². The Morgan fingerprint density at radius 1 is 1.43 bits per heavy atom. The van der Waals surface area contributed by atoms with Crippen LogP contribution >= 0.6 is 0 Å². The van der Waals surface area contributed by atoms with Crippen LogP contribution in [0, 0.1) is 5.82 Å². The van der Waals surface area contributed by atoms with E-state index in [0.29, 0.717) is 13.1 Å². The average Bonchev–Trinajstić information content (AvgIpc) is 2.82. The number of hydrogen-bond donors (Lipinski definition) is 2. The number of carboxylic acid groups (broad SMARTS) is 1. The van der Waals surface area contributed by atoms with Gasteiger partial charge in [-0.15, -0.1) is 0 Å². The number of aromatic carboxylic acids is 1. The van der Waals surface area contributed by atoms with Crippen molar-refractivity contribution in [3.8, 4) is 0 Å². The number of urea groups is 1. The van der Waals surface area contributed by atoms with Crippen LogP contribution < -0.4 is 5.32 Å². The van der Waals surface area contributed by atoms with E-state index in [1.807, 2.05) is 0 Å². The van der Waals surface area contributed by atoms with Gasteiger partial charge in [0.25, 0.3) is 0 Å². The van der Waals surface area contributed by atoms with Crippen LogP contribution in [0.15, 0.2) is 23.1 Å². The van der Waals surface area contributed by atoms with Gasteiger partial charge in [0, 0.05) is 19.6 Å². The van der Waals surface area contributed by atoms with Gasteiger partial charge in [0.1, 0.15) is 10.7 Å². The number of hydrogen-bond acceptors (Lipinski definition) is 4. The summed E-state index contributed by atoms with van der Waals surface area (Å²) in [4.78, 5) is 22.8. The van der Waals surface area contributed by atoms with Crippen molar-refractivity contribution >= 4 is 21.8 Å². The molecule has 2 N–H and O–H groups in total. The maximum atomic E-state index is 13.6. The molecule has 0 unspecified atom stereocenters. The maximum Gasteiger partial charge on any atom is 0.335 e. The number of nitrogens with one attached hydrogen (secondary N) is 1. The zero-order valence-electron chi connectivity index (χ0n) is 10.9. The van der Waals surface area contributed by atoms with Gasteiger partial charge in [-0.2, -0.15) is 0 Å². The molecule has 1 aromatic carbocycles. The van der Waals surface area contributed by atoms with Crippen molar-refractivity contribution in [3.63, 3.8) is 0 Å². The second-order valence-corrected chi connectivity index (χ2v) is 6.57. The molecule has 0 atom stereocenters. The Morgan fingerprint density at radius 3 is 2.71 bits per heavy atom.